The molecule has 2 atom stereocenters. The van der Waals surface area contributed by atoms with Crippen LogP contribution < -0.4 is 4.74 Å². The molecule has 0 aromatic heterocycles. The second kappa shape index (κ2) is 4.77. The van der Waals surface area contributed by atoms with Crippen molar-refractivity contribution in [3.63, 3.8) is 0 Å². The van der Waals surface area contributed by atoms with Crippen LogP contribution in [0.15, 0.2) is 29.2 Å². The van der Waals surface area contributed by atoms with Crippen molar-refractivity contribution in [3.05, 3.63) is 24.3 Å². The molecule has 19 heavy (non-hydrogen) atoms. The summed E-state index contributed by atoms with van der Waals surface area (Å²) in [4.78, 5) is 0.0837. The Labute approximate surface area is 111 Å². The lowest BCUT2D eigenvalue weighted by Gasteiger charge is -2.16. The van der Waals surface area contributed by atoms with E-state index in [0.717, 1.165) is 6.26 Å². The van der Waals surface area contributed by atoms with Gasteiger partial charge < -0.3 is 9.84 Å². The number of sulfone groups is 2. The maximum atomic E-state index is 11.4. The molecule has 6 nitrogen and oxygen atoms in total. The molecule has 2 unspecified atom stereocenters. The van der Waals surface area contributed by atoms with Gasteiger partial charge in [0.15, 0.2) is 19.7 Å². The minimum atomic E-state index is -3.36. The van der Waals surface area contributed by atoms with Crippen molar-refractivity contribution < 1.29 is 26.7 Å². The quantitative estimate of drug-likeness (QED) is 0.818. The van der Waals surface area contributed by atoms with Crippen LogP contribution in [0.3, 0.4) is 0 Å². The van der Waals surface area contributed by atoms with Gasteiger partial charge in [0.1, 0.15) is 18.0 Å². The average molecular weight is 306 g/mol. The van der Waals surface area contributed by atoms with Crippen LogP contribution in [0, 0.1) is 0 Å². The highest BCUT2D eigenvalue weighted by Gasteiger charge is 2.38. The molecule has 1 fully saturated rings. The zero-order valence-electron chi connectivity index (χ0n) is 10.2. The Kier molecular flexibility index (Phi) is 3.59. The normalized spacial score (nSPS) is 26.2. The lowest BCUT2D eigenvalue weighted by Crippen LogP contribution is -2.29. The van der Waals surface area contributed by atoms with Crippen molar-refractivity contribution in [1.82, 2.24) is 0 Å². The van der Waals surface area contributed by atoms with Gasteiger partial charge in [-0.05, 0) is 18.2 Å². The Balaban J connectivity index is 2.21. The molecule has 0 aliphatic carbocycles. The van der Waals surface area contributed by atoms with Crippen LogP contribution in [-0.4, -0.2) is 51.9 Å². The predicted octanol–water partition coefficient (Wildman–Crippen LogP) is -0.373. The molecular formula is C11H14O6S2. The smallest absolute Gasteiger partial charge is 0.175 e. The number of aliphatic hydroxyl groups excluding tert-OH is 1. The SMILES string of the molecule is CS(=O)(=O)c1cccc(OC2CS(=O)(=O)CC2O)c1. The molecule has 0 radical (unpaired) electrons. The number of hydrogen-bond donors (Lipinski definition) is 1. The lowest BCUT2D eigenvalue weighted by molar-refractivity contribution is 0.0736. The van der Waals surface area contributed by atoms with E-state index in [1.165, 1.54) is 24.3 Å². The van der Waals surface area contributed by atoms with Crippen LogP contribution in [-0.2, 0) is 19.7 Å². The highest BCUT2D eigenvalue weighted by molar-refractivity contribution is 7.91. The third-order valence-corrected chi connectivity index (χ3v) is 5.59. The van der Waals surface area contributed by atoms with Crippen LogP contribution in [0.1, 0.15) is 0 Å². The third-order valence-electron chi connectivity index (χ3n) is 2.79. The summed E-state index contributed by atoms with van der Waals surface area (Å²) < 4.78 is 50.8. The fourth-order valence-electron chi connectivity index (χ4n) is 1.86. The highest BCUT2D eigenvalue weighted by Crippen LogP contribution is 2.22. The maximum absolute atomic E-state index is 11.4. The van der Waals surface area contributed by atoms with Crippen molar-refractivity contribution in [2.45, 2.75) is 17.1 Å². The Morgan fingerprint density at radius 2 is 2.00 bits per heavy atom. The first kappa shape index (κ1) is 14.3. The van der Waals surface area contributed by atoms with Gasteiger partial charge in [0, 0.05) is 6.26 Å². The van der Waals surface area contributed by atoms with Crippen LogP contribution in [0.5, 0.6) is 5.75 Å². The number of hydrogen-bond acceptors (Lipinski definition) is 6. The number of benzene rings is 1. The number of rotatable bonds is 3. The molecule has 1 heterocycles. The van der Waals surface area contributed by atoms with Gasteiger partial charge in [-0.3, -0.25) is 0 Å². The topological polar surface area (TPSA) is 97.7 Å². The summed E-state index contributed by atoms with van der Waals surface area (Å²) in [6.45, 7) is 0. The largest absolute Gasteiger partial charge is 0.487 e. The monoisotopic (exact) mass is 306 g/mol. The standard InChI is InChI=1S/C11H14O6S2/c1-18(13,14)9-4-2-3-8(5-9)17-11-7-19(15,16)6-10(11)12/h2-5,10-12H,6-7H2,1H3. The molecule has 106 valence electrons. The Morgan fingerprint density at radius 1 is 1.32 bits per heavy atom. The molecule has 0 spiro atoms. The van der Waals surface area contributed by atoms with E-state index >= 15 is 0 Å². The Bertz CT molecular complexity index is 677. The first-order chi connectivity index (χ1) is 8.67. The molecular weight excluding hydrogens is 292 g/mol. The maximum Gasteiger partial charge on any atom is 0.175 e. The van der Waals surface area contributed by atoms with E-state index in [1.807, 2.05) is 0 Å². The molecule has 2 rings (SSSR count). The number of aliphatic hydroxyl groups is 1. The summed E-state index contributed by atoms with van der Waals surface area (Å²) in [6, 6.07) is 5.75. The second-order valence-electron chi connectivity index (χ2n) is 4.55. The molecule has 8 heteroatoms. The lowest BCUT2D eigenvalue weighted by atomic mass is 10.2. The zero-order valence-corrected chi connectivity index (χ0v) is 11.8. The van der Waals surface area contributed by atoms with E-state index in [-0.39, 0.29) is 22.2 Å². The molecule has 0 bridgehead atoms. The van der Waals surface area contributed by atoms with Crippen molar-refractivity contribution in [2.24, 2.45) is 0 Å². The molecule has 1 aliphatic rings. The third kappa shape index (κ3) is 3.46. The van der Waals surface area contributed by atoms with Gasteiger partial charge in [-0.15, -0.1) is 0 Å². The van der Waals surface area contributed by atoms with E-state index in [0.29, 0.717) is 0 Å². The average Bonchev–Trinajstić information content (AvgIpc) is 2.51. The van der Waals surface area contributed by atoms with Crippen LogP contribution in [0.25, 0.3) is 0 Å². The fraction of sp³-hybridized carbons (Fsp3) is 0.455. The molecule has 1 aromatic rings. The first-order valence-corrected chi connectivity index (χ1v) is 9.24. The van der Waals surface area contributed by atoms with Crippen LogP contribution >= 0.6 is 0 Å². The van der Waals surface area contributed by atoms with Gasteiger partial charge in [-0.1, -0.05) is 6.07 Å². The minimum absolute atomic E-state index is 0.0837. The summed E-state index contributed by atoms with van der Waals surface area (Å²) >= 11 is 0. The molecule has 1 aliphatic heterocycles. The van der Waals surface area contributed by atoms with Gasteiger partial charge in [-0.2, -0.15) is 0 Å². The number of ether oxygens (including phenoxy) is 1. The van der Waals surface area contributed by atoms with E-state index in [1.54, 1.807) is 0 Å². The Hall–Kier alpha value is -1.12. The summed E-state index contributed by atoms with van der Waals surface area (Å²) in [6.07, 6.45) is -0.882. The van der Waals surface area contributed by atoms with Gasteiger partial charge >= 0.3 is 0 Å². The van der Waals surface area contributed by atoms with Crippen molar-refractivity contribution in [3.8, 4) is 5.75 Å². The molecule has 1 N–H and O–H groups in total. The van der Waals surface area contributed by atoms with E-state index in [4.69, 9.17) is 4.74 Å². The predicted molar refractivity (Wildman–Crippen MR) is 68.6 cm³/mol. The van der Waals surface area contributed by atoms with Gasteiger partial charge in [0.05, 0.1) is 16.4 Å². The summed E-state index contributed by atoms with van der Waals surface area (Å²) in [5.41, 5.74) is 0. The fourth-order valence-corrected chi connectivity index (χ4v) is 4.18. The first-order valence-electron chi connectivity index (χ1n) is 5.53. The van der Waals surface area contributed by atoms with E-state index in [9.17, 15) is 21.9 Å². The van der Waals surface area contributed by atoms with Crippen molar-refractivity contribution in [2.75, 3.05) is 17.8 Å². The molecule has 1 aromatic carbocycles. The summed E-state index contributed by atoms with van der Waals surface area (Å²) in [5, 5.41) is 9.59. The zero-order chi connectivity index (χ0) is 14.3. The van der Waals surface area contributed by atoms with Crippen molar-refractivity contribution >= 4 is 19.7 Å². The summed E-state index contributed by atoms with van der Waals surface area (Å²) in [7, 11) is -6.65. The molecule has 0 saturated carbocycles. The van der Waals surface area contributed by atoms with E-state index in [2.05, 4.69) is 0 Å². The second-order valence-corrected chi connectivity index (χ2v) is 8.72. The van der Waals surface area contributed by atoms with E-state index < -0.39 is 31.9 Å². The van der Waals surface area contributed by atoms with Crippen LogP contribution in [0.2, 0.25) is 0 Å². The van der Waals surface area contributed by atoms with Gasteiger partial charge in [0.25, 0.3) is 0 Å². The van der Waals surface area contributed by atoms with Crippen molar-refractivity contribution in [1.29, 1.82) is 0 Å². The molecule has 1 saturated heterocycles. The van der Waals surface area contributed by atoms with Gasteiger partial charge in [-0.25, -0.2) is 16.8 Å². The minimum Gasteiger partial charge on any atom is -0.487 e. The summed E-state index contributed by atoms with van der Waals surface area (Å²) in [5.74, 6) is -0.371. The van der Waals surface area contributed by atoms with Crippen LogP contribution in [0.4, 0.5) is 0 Å². The Morgan fingerprint density at radius 3 is 2.53 bits per heavy atom. The molecule has 0 amide bonds. The van der Waals surface area contributed by atoms with Gasteiger partial charge in [0.2, 0.25) is 0 Å². The highest BCUT2D eigenvalue weighted by atomic mass is 32.2.